The number of fused-ring (bicyclic) bond motifs is 1. The number of rotatable bonds is 2. The number of nitrogen functional groups attached to an aromatic ring is 1. The molecule has 7 nitrogen and oxygen atoms in total. The highest BCUT2D eigenvalue weighted by molar-refractivity contribution is 5.85. The zero-order valence-electron chi connectivity index (χ0n) is 9.75. The molecule has 0 unspecified atom stereocenters. The van der Waals surface area contributed by atoms with E-state index in [0.29, 0.717) is 22.5 Å². The maximum Gasteiger partial charge on any atom is 0.224 e. The number of aromatic nitrogens is 4. The van der Waals surface area contributed by atoms with E-state index in [2.05, 4.69) is 31.3 Å². The second-order valence-electron chi connectivity index (χ2n) is 3.85. The molecule has 0 aliphatic carbocycles. The summed E-state index contributed by atoms with van der Waals surface area (Å²) in [6.07, 6.45) is 1.53. The van der Waals surface area contributed by atoms with E-state index in [0.717, 1.165) is 5.69 Å². The highest BCUT2D eigenvalue weighted by Crippen LogP contribution is 2.22. The number of nitriles is 1. The van der Waals surface area contributed by atoms with Crippen molar-refractivity contribution in [3.05, 3.63) is 36.2 Å². The van der Waals surface area contributed by atoms with Gasteiger partial charge in [0.1, 0.15) is 5.52 Å². The van der Waals surface area contributed by atoms with Gasteiger partial charge in [0.05, 0.1) is 18.0 Å². The van der Waals surface area contributed by atoms with Gasteiger partial charge in [-0.1, -0.05) is 0 Å². The molecule has 2 aromatic heterocycles. The number of anilines is 3. The van der Waals surface area contributed by atoms with Crippen LogP contribution < -0.4 is 11.1 Å². The number of nitrogens with one attached hydrogen (secondary N) is 2. The average Bonchev–Trinajstić information content (AvgIpc) is 2.88. The van der Waals surface area contributed by atoms with Gasteiger partial charge in [-0.05, 0) is 24.3 Å². The molecule has 0 aliphatic heterocycles. The Hall–Kier alpha value is -3.14. The molecular formula is C12H9N7. The number of aromatic amines is 1. The van der Waals surface area contributed by atoms with E-state index in [1.54, 1.807) is 24.3 Å². The lowest BCUT2D eigenvalue weighted by Gasteiger charge is -2.06. The molecule has 7 heteroatoms. The van der Waals surface area contributed by atoms with E-state index < -0.39 is 0 Å². The molecule has 92 valence electrons. The Bertz CT molecular complexity index is 767. The van der Waals surface area contributed by atoms with Crippen LogP contribution in [-0.2, 0) is 0 Å². The fourth-order valence-corrected chi connectivity index (χ4v) is 1.71. The molecule has 19 heavy (non-hydrogen) atoms. The van der Waals surface area contributed by atoms with Crippen molar-refractivity contribution in [3.8, 4) is 6.07 Å². The summed E-state index contributed by atoms with van der Waals surface area (Å²) in [6, 6.07) is 9.08. The topological polar surface area (TPSA) is 116 Å². The first kappa shape index (κ1) is 11.0. The molecule has 3 rings (SSSR count). The number of hydrogen-bond donors (Lipinski definition) is 3. The zero-order chi connectivity index (χ0) is 13.2. The molecule has 0 bridgehead atoms. The highest BCUT2D eigenvalue weighted by atomic mass is 15.1. The second kappa shape index (κ2) is 4.27. The molecule has 2 heterocycles. The number of benzene rings is 1. The molecule has 0 aliphatic rings. The minimum absolute atomic E-state index is 0.149. The van der Waals surface area contributed by atoms with Crippen molar-refractivity contribution in [2.24, 2.45) is 0 Å². The summed E-state index contributed by atoms with van der Waals surface area (Å²) in [6.45, 7) is 0. The molecule has 0 spiro atoms. The molecule has 0 radical (unpaired) electrons. The highest BCUT2D eigenvalue weighted by Gasteiger charge is 2.08. The molecular weight excluding hydrogens is 242 g/mol. The average molecular weight is 251 g/mol. The van der Waals surface area contributed by atoms with Gasteiger partial charge in [0.15, 0.2) is 11.5 Å². The quantitative estimate of drug-likeness (QED) is 0.636. The summed E-state index contributed by atoms with van der Waals surface area (Å²) >= 11 is 0. The van der Waals surface area contributed by atoms with Crippen LogP contribution in [0.3, 0.4) is 0 Å². The summed E-state index contributed by atoms with van der Waals surface area (Å²) < 4.78 is 0. The zero-order valence-corrected chi connectivity index (χ0v) is 9.75. The van der Waals surface area contributed by atoms with Gasteiger partial charge in [-0.15, -0.1) is 0 Å². The summed E-state index contributed by atoms with van der Waals surface area (Å²) in [5.41, 5.74) is 8.20. The number of nitrogens with zero attached hydrogens (tertiary/aromatic N) is 4. The van der Waals surface area contributed by atoms with Crippen LogP contribution in [-0.4, -0.2) is 19.9 Å². The van der Waals surface area contributed by atoms with Gasteiger partial charge in [-0.2, -0.15) is 15.2 Å². The first-order chi connectivity index (χ1) is 9.26. The number of H-pyrrole nitrogens is 1. The molecule has 0 atom stereocenters. The van der Waals surface area contributed by atoms with Gasteiger partial charge >= 0.3 is 0 Å². The van der Waals surface area contributed by atoms with Crippen molar-refractivity contribution in [3.63, 3.8) is 0 Å². The molecule has 1 aromatic carbocycles. The van der Waals surface area contributed by atoms with Crippen LogP contribution >= 0.6 is 0 Å². The van der Waals surface area contributed by atoms with Crippen LogP contribution in [0.15, 0.2) is 30.6 Å². The van der Waals surface area contributed by atoms with E-state index >= 15 is 0 Å². The standard InChI is InChI=1S/C12H9N7/c13-5-7-1-3-8(4-2-7)17-11-9-10(16-6-15-9)18-12(14)19-11/h1-4,6H,(H4,14,15,16,17,18,19). The van der Waals surface area contributed by atoms with Crippen molar-refractivity contribution in [2.45, 2.75) is 0 Å². The fraction of sp³-hybridized carbons (Fsp3) is 0. The normalized spacial score (nSPS) is 10.3. The van der Waals surface area contributed by atoms with Gasteiger partial charge < -0.3 is 16.0 Å². The van der Waals surface area contributed by atoms with Crippen molar-refractivity contribution in [1.29, 1.82) is 5.26 Å². The van der Waals surface area contributed by atoms with Crippen LogP contribution in [0.5, 0.6) is 0 Å². The van der Waals surface area contributed by atoms with Crippen LogP contribution in [0, 0.1) is 11.3 Å². The van der Waals surface area contributed by atoms with Gasteiger partial charge in [0, 0.05) is 5.69 Å². The maximum atomic E-state index is 8.75. The van der Waals surface area contributed by atoms with Crippen LogP contribution in [0.1, 0.15) is 5.56 Å². The SMILES string of the molecule is N#Cc1ccc(Nc2nc(N)nc3nc[nH]c23)cc1. The molecule has 4 N–H and O–H groups in total. The van der Waals surface area contributed by atoms with E-state index in [9.17, 15) is 0 Å². The van der Waals surface area contributed by atoms with Crippen molar-refractivity contribution in [2.75, 3.05) is 11.1 Å². The van der Waals surface area contributed by atoms with E-state index in [4.69, 9.17) is 11.0 Å². The number of hydrogen-bond acceptors (Lipinski definition) is 6. The summed E-state index contributed by atoms with van der Waals surface area (Å²) in [4.78, 5) is 15.1. The summed E-state index contributed by atoms with van der Waals surface area (Å²) in [5.74, 6) is 0.695. The maximum absolute atomic E-state index is 8.75. The first-order valence-corrected chi connectivity index (χ1v) is 5.50. The Morgan fingerprint density at radius 2 is 2.00 bits per heavy atom. The molecule has 0 amide bonds. The Morgan fingerprint density at radius 1 is 1.21 bits per heavy atom. The third-order valence-electron chi connectivity index (χ3n) is 2.58. The predicted molar refractivity (Wildman–Crippen MR) is 70.5 cm³/mol. The van der Waals surface area contributed by atoms with E-state index in [1.807, 2.05) is 0 Å². The van der Waals surface area contributed by atoms with Gasteiger partial charge in [-0.3, -0.25) is 0 Å². The molecule has 0 saturated carbocycles. The van der Waals surface area contributed by atoms with Gasteiger partial charge in [-0.25, -0.2) is 4.98 Å². The third kappa shape index (κ3) is 2.02. The largest absolute Gasteiger partial charge is 0.368 e. The van der Waals surface area contributed by atoms with Gasteiger partial charge in [0.2, 0.25) is 5.95 Å². The molecule has 0 fully saturated rings. The Kier molecular flexibility index (Phi) is 2.47. The lowest BCUT2D eigenvalue weighted by Crippen LogP contribution is -2.01. The Morgan fingerprint density at radius 3 is 2.74 bits per heavy atom. The number of nitrogens with two attached hydrogens (primary N) is 1. The monoisotopic (exact) mass is 251 g/mol. The third-order valence-corrected chi connectivity index (χ3v) is 2.58. The number of imidazole rings is 1. The Labute approximate surface area is 108 Å². The van der Waals surface area contributed by atoms with Crippen molar-refractivity contribution < 1.29 is 0 Å². The van der Waals surface area contributed by atoms with Crippen LogP contribution in [0.25, 0.3) is 11.2 Å². The summed E-state index contributed by atoms with van der Waals surface area (Å²) in [7, 11) is 0. The first-order valence-electron chi connectivity index (χ1n) is 5.50. The summed E-state index contributed by atoms with van der Waals surface area (Å²) in [5, 5.41) is 11.9. The van der Waals surface area contributed by atoms with E-state index in [-0.39, 0.29) is 5.95 Å². The lowest BCUT2D eigenvalue weighted by molar-refractivity contribution is 1.21. The Balaban J connectivity index is 2.00. The van der Waals surface area contributed by atoms with Gasteiger partial charge in [0.25, 0.3) is 0 Å². The van der Waals surface area contributed by atoms with Crippen molar-refractivity contribution >= 4 is 28.6 Å². The molecule has 0 saturated heterocycles. The molecule has 3 aromatic rings. The minimum Gasteiger partial charge on any atom is -0.368 e. The lowest BCUT2D eigenvalue weighted by atomic mass is 10.2. The van der Waals surface area contributed by atoms with Crippen LogP contribution in [0.4, 0.5) is 17.5 Å². The van der Waals surface area contributed by atoms with Crippen molar-refractivity contribution in [1.82, 2.24) is 19.9 Å². The van der Waals surface area contributed by atoms with Crippen LogP contribution in [0.2, 0.25) is 0 Å². The van der Waals surface area contributed by atoms with E-state index in [1.165, 1.54) is 6.33 Å². The fourth-order valence-electron chi connectivity index (χ4n) is 1.71. The smallest absolute Gasteiger partial charge is 0.224 e. The minimum atomic E-state index is 0.149. The predicted octanol–water partition coefficient (Wildman–Crippen LogP) is 1.55. The second-order valence-corrected chi connectivity index (χ2v) is 3.85.